The third-order valence-electron chi connectivity index (χ3n) is 4.50. The van der Waals surface area contributed by atoms with Crippen molar-refractivity contribution in [3.8, 4) is 0 Å². The summed E-state index contributed by atoms with van der Waals surface area (Å²) in [6.07, 6.45) is 6.73. The first-order valence-electron chi connectivity index (χ1n) is 7.97. The summed E-state index contributed by atoms with van der Waals surface area (Å²) in [4.78, 5) is 0. The van der Waals surface area contributed by atoms with Gasteiger partial charge in [-0.1, -0.05) is 36.4 Å². The third-order valence-corrected chi connectivity index (χ3v) is 4.50. The average molecular weight is 284 g/mol. The van der Waals surface area contributed by atoms with Crippen molar-refractivity contribution in [2.75, 3.05) is 6.54 Å². The maximum Gasteiger partial charge on any atom is 0.0759 e. The Hall–Kier alpha value is -1.68. The van der Waals surface area contributed by atoms with E-state index in [0.29, 0.717) is 12.0 Å². The molecule has 0 saturated carbocycles. The van der Waals surface area contributed by atoms with Crippen LogP contribution in [0.25, 0.3) is 0 Å². The molecule has 1 aromatic carbocycles. The second-order valence-corrected chi connectivity index (χ2v) is 5.91. The molecule has 0 amide bonds. The van der Waals surface area contributed by atoms with Gasteiger partial charge in [0, 0.05) is 13.0 Å². The Morgan fingerprint density at radius 1 is 1.38 bits per heavy atom. The van der Waals surface area contributed by atoms with Gasteiger partial charge in [0.15, 0.2) is 0 Å². The highest BCUT2D eigenvalue weighted by atomic mass is 15.4. The molecule has 4 nitrogen and oxygen atoms in total. The van der Waals surface area contributed by atoms with E-state index >= 15 is 0 Å². The van der Waals surface area contributed by atoms with Crippen molar-refractivity contribution >= 4 is 0 Å². The van der Waals surface area contributed by atoms with E-state index < -0.39 is 0 Å². The Morgan fingerprint density at radius 2 is 2.24 bits per heavy atom. The number of hydrogen-bond donors (Lipinski definition) is 1. The van der Waals surface area contributed by atoms with E-state index in [0.717, 1.165) is 13.0 Å². The molecule has 2 unspecified atom stereocenters. The molecular formula is C17H24N4. The number of rotatable bonds is 5. The number of aryl methyl sites for hydroxylation is 2. The molecule has 0 bridgehead atoms. The van der Waals surface area contributed by atoms with Gasteiger partial charge in [0.2, 0.25) is 0 Å². The van der Waals surface area contributed by atoms with Crippen molar-refractivity contribution in [2.24, 2.45) is 7.05 Å². The molecule has 0 fully saturated rings. The Bertz CT molecular complexity index is 590. The molecule has 2 aromatic rings. The highest BCUT2D eigenvalue weighted by Crippen LogP contribution is 2.39. The quantitative estimate of drug-likeness (QED) is 0.918. The molecule has 1 heterocycles. The zero-order valence-electron chi connectivity index (χ0n) is 12.9. The first-order chi connectivity index (χ1) is 10.3. The van der Waals surface area contributed by atoms with Gasteiger partial charge in [-0.2, -0.15) is 0 Å². The predicted octanol–water partition coefficient (Wildman–Crippen LogP) is 2.98. The SMILES string of the molecule is CCCNC(c1cnnn1C)C1CCCc2ccccc21. The summed E-state index contributed by atoms with van der Waals surface area (Å²) in [5.74, 6) is 0.513. The lowest BCUT2D eigenvalue weighted by Crippen LogP contribution is -2.31. The highest BCUT2D eigenvalue weighted by molar-refractivity contribution is 5.35. The van der Waals surface area contributed by atoms with Crippen molar-refractivity contribution in [1.29, 1.82) is 0 Å². The van der Waals surface area contributed by atoms with E-state index in [4.69, 9.17) is 0 Å². The van der Waals surface area contributed by atoms with Crippen LogP contribution in [0.3, 0.4) is 0 Å². The fraction of sp³-hybridized carbons (Fsp3) is 0.529. The van der Waals surface area contributed by atoms with Crippen LogP contribution in [0.1, 0.15) is 55.0 Å². The molecule has 1 aliphatic rings. The van der Waals surface area contributed by atoms with Gasteiger partial charge < -0.3 is 5.32 Å². The van der Waals surface area contributed by atoms with Crippen LogP contribution < -0.4 is 5.32 Å². The molecule has 0 saturated heterocycles. The van der Waals surface area contributed by atoms with Crippen LogP contribution in [0, 0.1) is 0 Å². The molecule has 21 heavy (non-hydrogen) atoms. The monoisotopic (exact) mass is 284 g/mol. The number of benzene rings is 1. The van der Waals surface area contributed by atoms with Crippen LogP contribution in [0.2, 0.25) is 0 Å². The zero-order valence-corrected chi connectivity index (χ0v) is 12.9. The summed E-state index contributed by atoms with van der Waals surface area (Å²) < 4.78 is 1.91. The molecule has 0 aliphatic heterocycles. The summed E-state index contributed by atoms with van der Waals surface area (Å²) in [6, 6.07) is 9.19. The summed E-state index contributed by atoms with van der Waals surface area (Å²) in [6.45, 7) is 3.23. The lowest BCUT2D eigenvalue weighted by molar-refractivity contribution is 0.384. The smallest absolute Gasteiger partial charge is 0.0759 e. The van der Waals surface area contributed by atoms with E-state index in [-0.39, 0.29) is 0 Å². The summed E-state index contributed by atoms with van der Waals surface area (Å²) >= 11 is 0. The second kappa shape index (κ2) is 6.39. The van der Waals surface area contributed by atoms with E-state index in [1.165, 1.54) is 36.1 Å². The van der Waals surface area contributed by atoms with E-state index in [1.54, 1.807) is 0 Å². The topological polar surface area (TPSA) is 42.7 Å². The Labute approximate surface area is 126 Å². The summed E-state index contributed by atoms with van der Waals surface area (Å²) in [5.41, 5.74) is 4.19. The van der Waals surface area contributed by atoms with Gasteiger partial charge in [-0.25, -0.2) is 0 Å². The van der Waals surface area contributed by atoms with E-state index in [9.17, 15) is 0 Å². The highest BCUT2D eigenvalue weighted by Gasteiger charge is 2.30. The lowest BCUT2D eigenvalue weighted by atomic mass is 9.78. The van der Waals surface area contributed by atoms with Crippen molar-refractivity contribution in [3.63, 3.8) is 0 Å². The van der Waals surface area contributed by atoms with Gasteiger partial charge in [-0.05, 0) is 43.4 Å². The first-order valence-corrected chi connectivity index (χ1v) is 7.97. The van der Waals surface area contributed by atoms with Gasteiger partial charge in [0.05, 0.1) is 17.9 Å². The fourth-order valence-corrected chi connectivity index (χ4v) is 3.47. The van der Waals surface area contributed by atoms with Gasteiger partial charge >= 0.3 is 0 Å². The van der Waals surface area contributed by atoms with Crippen molar-refractivity contribution in [3.05, 3.63) is 47.3 Å². The second-order valence-electron chi connectivity index (χ2n) is 5.91. The number of fused-ring (bicyclic) bond motifs is 1. The summed E-state index contributed by atoms with van der Waals surface area (Å²) in [5, 5.41) is 11.9. The van der Waals surface area contributed by atoms with Gasteiger partial charge in [-0.3, -0.25) is 4.68 Å². The van der Waals surface area contributed by atoms with Crippen LogP contribution >= 0.6 is 0 Å². The lowest BCUT2D eigenvalue weighted by Gasteiger charge is -2.33. The van der Waals surface area contributed by atoms with Crippen LogP contribution in [0.5, 0.6) is 0 Å². The minimum Gasteiger partial charge on any atom is -0.308 e. The molecule has 0 radical (unpaired) electrons. The molecule has 1 N–H and O–H groups in total. The number of aromatic nitrogens is 3. The normalized spacial score (nSPS) is 19.2. The molecule has 0 spiro atoms. The maximum atomic E-state index is 4.12. The minimum atomic E-state index is 0.298. The number of nitrogens with one attached hydrogen (secondary N) is 1. The molecule has 1 aromatic heterocycles. The average Bonchev–Trinajstić information content (AvgIpc) is 2.94. The molecule has 1 aliphatic carbocycles. The first kappa shape index (κ1) is 14.3. The van der Waals surface area contributed by atoms with Gasteiger partial charge in [0.25, 0.3) is 0 Å². The predicted molar refractivity (Wildman–Crippen MR) is 84.2 cm³/mol. The van der Waals surface area contributed by atoms with Crippen LogP contribution in [-0.4, -0.2) is 21.5 Å². The van der Waals surface area contributed by atoms with E-state index in [2.05, 4.69) is 46.8 Å². The van der Waals surface area contributed by atoms with Crippen molar-refractivity contribution in [1.82, 2.24) is 20.3 Å². The van der Waals surface area contributed by atoms with Crippen LogP contribution in [0.4, 0.5) is 0 Å². The molecule has 112 valence electrons. The van der Waals surface area contributed by atoms with Crippen LogP contribution in [0.15, 0.2) is 30.5 Å². The molecule has 4 heteroatoms. The Kier molecular flexibility index (Phi) is 4.34. The van der Waals surface area contributed by atoms with Gasteiger partial charge in [0.1, 0.15) is 0 Å². The molecule has 3 rings (SSSR count). The van der Waals surface area contributed by atoms with E-state index in [1.807, 2.05) is 17.9 Å². The number of nitrogens with zero attached hydrogens (tertiary/aromatic N) is 3. The maximum absolute atomic E-state index is 4.12. The largest absolute Gasteiger partial charge is 0.308 e. The number of hydrogen-bond acceptors (Lipinski definition) is 3. The Morgan fingerprint density at radius 3 is 3.00 bits per heavy atom. The van der Waals surface area contributed by atoms with Crippen LogP contribution in [-0.2, 0) is 13.5 Å². The zero-order chi connectivity index (χ0) is 14.7. The van der Waals surface area contributed by atoms with Crippen molar-refractivity contribution < 1.29 is 0 Å². The van der Waals surface area contributed by atoms with Crippen molar-refractivity contribution in [2.45, 2.75) is 44.6 Å². The third kappa shape index (κ3) is 2.86. The summed E-state index contributed by atoms with van der Waals surface area (Å²) in [7, 11) is 1.98. The molecular weight excluding hydrogens is 260 g/mol. The van der Waals surface area contributed by atoms with Gasteiger partial charge in [-0.15, -0.1) is 5.10 Å². The Balaban J connectivity index is 1.96. The molecule has 2 atom stereocenters. The standard InChI is InChI=1S/C17H24N4/c1-3-11-18-17(16-12-19-20-21(16)2)15-10-6-8-13-7-4-5-9-14(13)15/h4-5,7,9,12,15,17-18H,3,6,8,10-11H2,1-2H3. The fourth-order valence-electron chi connectivity index (χ4n) is 3.47. The minimum absolute atomic E-state index is 0.298.